The number of pyridine rings is 1. The summed E-state index contributed by atoms with van der Waals surface area (Å²) in [7, 11) is 3.06. The first-order valence-electron chi connectivity index (χ1n) is 12.3. The second-order valence-electron chi connectivity index (χ2n) is 9.13. The van der Waals surface area contributed by atoms with Crippen LogP contribution >= 0.6 is 0 Å². The Balaban J connectivity index is 1.66. The highest BCUT2D eigenvalue weighted by atomic mass is 19.4. The lowest BCUT2D eigenvalue weighted by atomic mass is 9.97. The molecule has 9 heteroatoms. The van der Waals surface area contributed by atoms with Gasteiger partial charge in [-0.3, -0.25) is 9.79 Å². The number of aryl methyl sites for hydroxylation is 2. The van der Waals surface area contributed by atoms with Crippen LogP contribution in [0.25, 0.3) is 11.3 Å². The second-order valence-corrected chi connectivity index (χ2v) is 9.13. The van der Waals surface area contributed by atoms with Gasteiger partial charge in [0.25, 0.3) is 0 Å². The standard InChI is InChI=1S/C29H28F4N2O3/c1-37-22-12-18(13-23(17-22)38-2)6-10-28(36)27-15-19(5-8-21-4-3-11-34-21)14-26(35-27)24-9-7-20(30)16-25(24)29(31,32)33/h7,9,12-17H,3-6,8,10-11H2,1-2H3. The van der Waals surface area contributed by atoms with Crippen molar-refractivity contribution < 1.29 is 31.8 Å². The molecule has 0 spiro atoms. The third kappa shape index (κ3) is 6.76. The van der Waals surface area contributed by atoms with E-state index in [1.54, 1.807) is 30.3 Å². The van der Waals surface area contributed by atoms with Crippen molar-refractivity contribution >= 4 is 11.5 Å². The zero-order valence-corrected chi connectivity index (χ0v) is 21.2. The molecule has 0 saturated heterocycles. The van der Waals surface area contributed by atoms with Crippen LogP contribution in [0, 0.1) is 5.82 Å². The molecule has 38 heavy (non-hydrogen) atoms. The fourth-order valence-corrected chi connectivity index (χ4v) is 4.48. The van der Waals surface area contributed by atoms with Crippen LogP contribution in [0.4, 0.5) is 17.6 Å². The number of rotatable bonds is 10. The highest BCUT2D eigenvalue weighted by Gasteiger charge is 2.34. The molecule has 5 nitrogen and oxygen atoms in total. The summed E-state index contributed by atoms with van der Waals surface area (Å²) in [6.45, 7) is 0.778. The smallest absolute Gasteiger partial charge is 0.417 e. The molecular weight excluding hydrogens is 500 g/mol. The molecule has 3 aromatic rings. The van der Waals surface area contributed by atoms with E-state index in [9.17, 15) is 22.4 Å². The number of benzene rings is 2. The van der Waals surface area contributed by atoms with Crippen LogP contribution in [0.15, 0.2) is 53.5 Å². The number of ether oxygens (including phenoxy) is 2. The molecule has 4 rings (SSSR count). The van der Waals surface area contributed by atoms with Crippen molar-refractivity contribution in [3.8, 4) is 22.8 Å². The van der Waals surface area contributed by atoms with Gasteiger partial charge in [0.05, 0.1) is 25.5 Å². The molecule has 2 heterocycles. The van der Waals surface area contributed by atoms with Gasteiger partial charge in [0, 0.05) is 30.3 Å². The summed E-state index contributed by atoms with van der Waals surface area (Å²) in [4.78, 5) is 22.0. The number of carbonyl (C=O) groups excluding carboxylic acids is 1. The quantitative estimate of drug-likeness (QED) is 0.212. The number of methoxy groups -OCH3 is 2. The van der Waals surface area contributed by atoms with E-state index in [1.807, 2.05) is 0 Å². The van der Waals surface area contributed by atoms with E-state index in [4.69, 9.17) is 9.47 Å². The molecule has 0 N–H and O–H groups in total. The lowest BCUT2D eigenvalue weighted by molar-refractivity contribution is -0.137. The maximum atomic E-state index is 13.8. The zero-order chi connectivity index (χ0) is 27.3. The Bertz CT molecular complexity index is 1330. The first-order chi connectivity index (χ1) is 18.2. The van der Waals surface area contributed by atoms with Crippen LogP contribution in [-0.4, -0.2) is 37.2 Å². The first-order valence-corrected chi connectivity index (χ1v) is 12.3. The lowest BCUT2D eigenvalue weighted by Crippen LogP contribution is -2.11. The van der Waals surface area contributed by atoms with E-state index in [-0.39, 0.29) is 29.2 Å². The fourth-order valence-electron chi connectivity index (χ4n) is 4.48. The van der Waals surface area contributed by atoms with Crippen LogP contribution < -0.4 is 9.47 Å². The Hall–Kier alpha value is -3.75. The van der Waals surface area contributed by atoms with Gasteiger partial charge in [0.15, 0.2) is 5.78 Å². The summed E-state index contributed by atoms with van der Waals surface area (Å²) >= 11 is 0. The molecule has 1 aliphatic heterocycles. The Morgan fingerprint density at radius 3 is 2.26 bits per heavy atom. The summed E-state index contributed by atoms with van der Waals surface area (Å²) in [5.74, 6) is -0.148. The number of alkyl halides is 3. The molecule has 0 aliphatic carbocycles. The molecule has 0 saturated carbocycles. The fraction of sp³-hybridized carbons (Fsp3) is 0.345. The molecule has 0 atom stereocenters. The molecule has 0 amide bonds. The molecule has 0 unspecified atom stereocenters. The van der Waals surface area contributed by atoms with Crippen molar-refractivity contribution in [1.29, 1.82) is 0 Å². The largest absolute Gasteiger partial charge is 0.497 e. The van der Waals surface area contributed by atoms with Crippen LogP contribution in [-0.2, 0) is 19.0 Å². The first kappa shape index (κ1) is 27.3. The van der Waals surface area contributed by atoms with E-state index in [0.29, 0.717) is 42.4 Å². The summed E-state index contributed by atoms with van der Waals surface area (Å²) in [5, 5.41) is 0. The van der Waals surface area contributed by atoms with Crippen LogP contribution in [0.2, 0.25) is 0 Å². The van der Waals surface area contributed by atoms with Crippen molar-refractivity contribution in [2.75, 3.05) is 20.8 Å². The van der Waals surface area contributed by atoms with E-state index in [2.05, 4.69) is 9.98 Å². The van der Waals surface area contributed by atoms with Gasteiger partial charge in [-0.15, -0.1) is 0 Å². The molecule has 2 aromatic carbocycles. The van der Waals surface area contributed by atoms with Crippen LogP contribution in [0.3, 0.4) is 0 Å². The average Bonchev–Trinajstić information content (AvgIpc) is 3.43. The zero-order valence-electron chi connectivity index (χ0n) is 21.2. The van der Waals surface area contributed by atoms with Crippen LogP contribution in [0.5, 0.6) is 11.5 Å². The number of carbonyl (C=O) groups is 1. The van der Waals surface area contributed by atoms with Gasteiger partial charge in [-0.1, -0.05) is 0 Å². The summed E-state index contributed by atoms with van der Waals surface area (Å²) in [6.07, 6.45) is -1.32. The van der Waals surface area contributed by atoms with E-state index in [0.717, 1.165) is 42.8 Å². The van der Waals surface area contributed by atoms with Gasteiger partial charge >= 0.3 is 6.18 Å². The highest BCUT2D eigenvalue weighted by Crippen LogP contribution is 2.37. The molecule has 1 aromatic heterocycles. The number of Topliss-reactive ketones (excluding diaryl/α,β-unsaturated/α-hetero) is 1. The van der Waals surface area contributed by atoms with Gasteiger partial charge < -0.3 is 9.47 Å². The topological polar surface area (TPSA) is 60.8 Å². The highest BCUT2D eigenvalue weighted by molar-refractivity contribution is 5.95. The van der Waals surface area contributed by atoms with Crippen LogP contribution in [0.1, 0.15) is 52.9 Å². The van der Waals surface area contributed by atoms with Crippen molar-refractivity contribution in [1.82, 2.24) is 4.98 Å². The third-order valence-corrected chi connectivity index (χ3v) is 6.45. The Labute approximate surface area is 218 Å². The Morgan fingerprint density at radius 2 is 1.63 bits per heavy atom. The van der Waals surface area contributed by atoms with Crippen molar-refractivity contribution in [2.45, 2.75) is 44.7 Å². The monoisotopic (exact) mass is 528 g/mol. The maximum absolute atomic E-state index is 13.8. The number of ketones is 1. The molecule has 200 valence electrons. The minimum Gasteiger partial charge on any atom is -0.497 e. The molecule has 0 bridgehead atoms. The summed E-state index contributed by atoms with van der Waals surface area (Å²) < 4.78 is 65.6. The minimum absolute atomic E-state index is 0.0189. The summed E-state index contributed by atoms with van der Waals surface area (Å²) in [5.41, 5.74) is 1.18. The van der Waals surface area contributed by atoms with Crippen molar-refractivity contribution in [3.63, 3.8) is 0 Å². The number of aliphatic imine (C=N–C) groups is 1. The maximum Gasteiger partial charge on any atom is 0.417 e. The van der Waals surface area contributed by atoms with Gasteiger partial charge in [-0.2, -0.15) is 13.2 Å². The molecular formula is C29H28F4N2O3. The Kier molecular flexibility index (Phi) is 8.44. The van der Waals surface area contributed by atoms with E-state index < -0.39 is 17.6 Å². The predicted molar refractivity (Wildman–Crippen MR) is 137 cm³/mol. The number of halogens is 4. The number of aromatic nitrogens is 1. The lowest BCUT2D eigenvalue weighted by Gasteiger charge is -2.15. The van der Waals surface area contributed by atoms with Gasteiger partial charge in [0.2, 0.25) is 0 Å². The molecule has 0 radical (unpaired) electrons. The van der Waals surface area contributed by atoms with Gasteiger partial charge in [-0.05, 0) is 85.7 Å². The number of nitrogens with zero attached hydrogens (tertiary/aromatic N) is 2. The summed E-state index contributed by atoms with van der Waals surface area (Å²) in [6, 6.07) is 11.0. The second kappa shape index (κ2) is 11.8. The minimum atomic E-state index is -4.79. The number of hydrogen-bond acceptors (Lipinski definition) is 5. The average molecular weight is 529 g/mol. The number of hydrogen-bond donors (Lipinski definition) is 0. The third-order valence-electron chi connectivity index (χ3n) is 6.45. The molecule has 1 aliphatic rings. The Morgan fingerprint density at radius 1 is 0.921 bits per heavy atom. The van der Waals surface area contributed by atoms with Crippen molar-refractivity contribution in [2.24, 2.45) is 4.99 Å². The normalized spacial score (nSPS) is 13.4. The van der Waals surface area contributed by atoms with Crippen molar-refractivity contribution in [3.05, 3.63) is 76.7 Å². The predicted octanol–water partition coefficient (Wildman–Crippen LogP) is 6.91. The molecule has 0 fully saturated rings. The van der Waals surface area contributed by atoms with Gasteiger partial charge in [-0.25, -0.2) is 9.37 Å². The van der Waals surface area contributed by atoms with E-state index in [1.165, 1.54) is 14.2 Å². The van der Waals surface area contributed by atoms with E-state index >= 15 is 0 Å². The van der Waals surface area contributed by atoms with Gasteiger partial charge in [0.1, 0.15) is 23.0 Å². The SMILES string of the molecule is COc1cc(CCC(=O)c2cc(CCC3=NCCC3)cc(-c3ccc(F)cc3C(F)(F)F)n2)cc(OC)c1.